The van der Waals surface area contributed by atoms with Crippen LogP contribution in [0.3, 0.4) is 0 Å². The summed E-state index contributed by atoms with van der Waals surface area (Å²) in [4.78, 5) is 38.2. The number of carbonyl (C=O) groups is 3. The van der Waals surface area contributed by atoms with E-state index in [1.807, 2.05) is 43.3 Å². The van der Waals surface area contributed by atoms with Gasteiger partial charge in [-0.05, 0) is 28.7 Å². The standard InChI is InChI=1S/C26H30N2O6/c1-2-7-16(24(30)28-14-17(29)12-23(28)25(31)32)13-27-26(33)34-15-22-20-10-5-3-8-18(20)19-9-4-6-11-21(19)22/h3-6,8-11,16-17,22-23,29H,2,7,12-15H2,1H3,(H,27,33)(H,31,32)/t16?,17-,23+/m1/s1. The van der Waals surface area contributed by atoms with Gasteiger partial charge in [-0.25, -0.2) is 9.59 Å². The highest BCUT2D eigenvalue weighted by molar-refractivity contribution is 5.86. The highest BCUT2D eigenvalue weighted by Crippen LogP contribution is 2.44. The molecule has 8 nitrogen and oxygen atoms in total. The maximum Gasteiger partial charge on any atom is 0.407 e. The second-order valence-electron chi connectivity index (χ2n) is 8.93. The van der Waals surface area contributed by atoms with Crippen LogP contribution in [0.5, 0.6) is 0 Å². The number of fused-ring (bicyclic) bond motifs is 3. The molecule has 8 heteroatoms. The molecule has 2 aromatic rings. The number of benzene rings is 2. The summed E-state index contributed by atoms with van der Waals surface area (Å²) in [7, 11) is 0. The van der Waals surface area contributed by atoms with E-state index in [-0.39, 0.29) is 37.9 Å². The topological polar surface area (TPSA) is 116 Å². The van der Waals surface area contributed by atoms with Crippen LogP contribution in [0.2, 0.25) is 0 Å². The minimum Gasteiger partial charge on any atom is -0.480 e. The van der Waals surface area contributed by atoms with Crippen LogP contribution >= 0.6 is 0 Å². The second-order valence-corrected chi connectivity index (χ2v) is 8.93. The molecule has 1 heterocycles. The van der Waals surface area contributed by atoms with Gasteiger partial charge in [0.05, 0.1) is 12.0 Å². The third-order valence-electron chi connectivity index (χ3n) is 6.67. The van der Waals surface area contributed by atoms with Crippen molar-refractivity contribution in [3.05, 3.63) is 59.7 Å². The van der Waals surface area contributed by atoms with E-state index in [0.717, 1.165) is 22.3 Å². The number of aliphatic hydroxyl groups is 1. The minimum absolute atomic E-state index is 0.0129. The van der Waals surface area contributed by atoms with Crippen LogP contribution in [0.15, 0.2) is 48.5 Å². The van der Waals surface area contributed by atoms with Crippen molar-refractivity contribution in [1.82, 2.24) is 10.2 Å². The number of alkyl carbamates (subject to hydrolysis) is 1. The summed E-state index contributed by atoms with van der Waals surface area (Å²) >= 11 is 0. The molecule has 0 spiro atoms. The first-order valence-corrected chi connectivity index (χ1v) is 11.7. The fourth-order valence-electron chi connectivity index (χ4n) is 5.04. The predicted octanol–water partition coefficient (Wildman–Crippen LogP) is 2.99. The summed E-state index contributed by atoms with van der Waals surface area (Å²) in [5, 5.41) is 21.9. The van der Waals surface area contributed by atoms with Crippen LogP contribution in [-0.2, 0) is 14.3 Å². The maximum absolute atomic E-state index is 13.0. The molecule has 3 N–H and O–H groups in total. The molecule has 1 saturated heterocycles. The zero-order valence-electron chi connectivity index (χ0n) is 19.1. The van der Waals surface area contributed by atoms with Crippen molar-refractivity contribution >= 4 is 18.0 Å². The molecule has 3 atom stereocenters. The summed E-state index contributed by atoms with van der Waals surface area (Å²) in [6.45, 7) is 2.12. The Bertz CT molecular complexity index is 1030. The lowest BCUT2D eigenvalue weighted by molar-refractivity contribution is -0.150. The third kappa shape index (κ3) is 4.77. The average molecular weight is 467 g/mol. The Labute approximate surface area is 198 Å². The number of carbonyl (C=O) groups excluding carboxylic acids is 2. The van der Waals surface area contributed by atoms with E-state index in [2.05, 4.69) is 17.4 Å². The molecule has 2 aromatic carbocycles. The smallest absolute Gasteiger partial charge is 0.407 e. The minimum atomic E-state index is -1.13. The second kappa shape index (κ2) is 10.3. The molecule has 1 aliphatic heterocycles. The Morgan fingerprint density at radius 3 is 2.29 bits per heavy atom. The zero-order chi connectivity index (χ0) is 24.2. The molecule has 0 bridgehead atoms. The quantitative estimate of drug-likeness (QED) is 0.551. The van der Waals surface area contributed by atoms with Crippen molar-refractivity contribution in [3.63, 3.8) is 0 Å². The van der Waals surface area contributed by atoms with Crippen molar-refractivity contribution in [2.45, 2.75) is 44.2 Å². The number of rotatable bonds is 8. The predicted molar refractivity (Wildman–Crippen MR) is 125 cm³/mol. The van der Waals surface area contributed by atoms with Crippen LogP contribution < -0.4 is 5.32 Å². The van der Waals surface area contributed by atoms with Crippen molar-refractivity contribution in [1.29, 1.82) is 0 Å². The summed E-state index contributed by atoms with van der Waals surface area (Å²) in [6, 6.07) is 15.1. The van der Waals surface area contributed by atoms with E-state index in [1.54, 1.807) is 0 Å². The van der Waals surface area contributed by atoms with Crippen molar-refractivity contribution in [2.24, 2.45) is 5.92 Å². The summed E-state index contributed by atoms with van der Waals surface area (Å²) in [5.74, 6) is -2.15. The normalized spacial score (nSPS) is 19.9. The lowest BCUT2D eigenvalue weighted by Gasteiger charge is -2.26. The van der Waals surface area contributed by atoms with Gasteiger partial charge >= 0.3 is 12.1 Å². The van der Waals surface area contributed by atoms with E-state index in [0.29, 0.717) is 12.8 Å². The first-order valence-electron chi connectivity index (χ1n) is 11.7. The van der Waals surface area contributed by atoms with E-state index in [4.69, 9.17) is 4.74 Å². The summed E-state index contributed by atoms with van der Waals surface area (Å²) < 4.78 is 5.54. The number of amides is 2. The fourth-order valence-corrected chi connectivity index (χ4v) is 5.04. The number of aliphatic hydroxyl groups excluding tert-OH is 1. The van der Waals surface area contributed by atoms with E-state index in [1.165, 1.54) is 4.90 Å². The average Bonchev–Trinajstić information content (AvgIpc) is 3.38. The lowest BCUT2D eigenvalue weighted by Crippen LogP contribution is -2.46. The Hall–Kier alpha value is -3.39. The summed E-state index contributed by atoms with van der Waals surface area (Å²) in [5.41, 5.74) is 4.51. The molecule has 2 aliphatic rings. The number of hydrogen-bond donors (Lipinski definition) is 3. The highest BCUT2D eigenvalue weighted by Gasteiger charge is 2.41. The Morgan fingerprint density at radius 1 is 1.09 bits per heavy atom. The molecule has 4 rings (SSSR count). The Kier molecular flexibility index (Phi) is 7.17. The van der Waals surface area contributed by atoms with Gasteiger partial charge in [-0.2, -0.15) is 0 Å². The van der Waals surface area contributed by atoms with Gasteiger partial charge in [0.2, 0.25) is 5.91 Å². The number of likely N-dealkylation sites (tertiary alicyclic amines) is 1. The number of ether oxygens (including phenoxy) is 1. The SMILES string of the molecule is CCCC(CNC(=O)OCC1c2ccccc2-c2ccccc21)C(=O)N1C[C@H](O)C[C@H]1C(=O)O. The van der Waals surface area contributed by atoms with Gasteiger partial charge in [0.1, 0.15) is 12.6 Å². The van der Waals surface area contributed by atoms with Crippen molar-refractivity contribution < 1.29 is 29.3 Å². The molecular formula is C26H30N2O6. The zero-order valence-corrected chi connectivity index (χ0v) is 19.1. The summed E-state index contributed by atoms with van der Waals surface area (Å²) in [6.07, 6.45) is -0.285. The number of β-amino-alcohol motifs (C(OH)–C–C–N with tert-alkyl or cyclic N) is 1. The van der Waals surface area contributed by atoms with Crippen LogP contribution in [0.25, 0.3) is 11.1 Å². The largest absolute Gasteiger partial charge is 0.480 e. The van der Waals surface area contributed by atoms with Gasteiger partial charge in [0, 0.05) is 25.4 Å². The number of aliphatic carboxylic acids is 1. The first kappa shape index (κ1) is 23.8. The Morgan fingerprint density at radius 2 is 1.71 bits per heavy atom. The van der Waals surface area contributed by atoms with Gasteiger partial charge < -0.3 is 25.2 Å². The molecule has 1 aliphatic carbocycles. The molecular weight excluding hydrogens is 436 g/mol. The molecule has 2 amide bonds. The van der Waals surface area contributed by atoms with Crippen LogP contribution in [0.1, 0.15) is 43.2 Å². The van der Waals surface area contributed by atoms with Crippen molar-refractivity contribution in [3.8, 4) is 11.1 Å². The monoisotopic (exact) mass is 466 g/mol. The molecule has 1 fully saturated rings. The lowest BCUT2D eigenvalue weighted by atomic mass is 9.98. The number of carboxylic acids is 1. The molecule has 180 valence electrons. The number of carboxylic acid groups (broad SMARTS) is 1. The highest BCUT2D eigenvalue weighted by atomic mass is 16.5. The van der Waals surface area contributed by atoms with E-state index < -0.39 is 30.1 Å². The first-order chi connectivity index (χ1) is 16.4. The number of nitrogens with one attached hydrogen (secondary N) is 1. The molecule has 1 unspecified atom stereocenters. The van der Waals surface area contributed by atoms with Crippen LogP contribution in [-0.4, -0.2) is 64.9 Å². The van der Waals surface area contributed by atoms with Crippen molar-refractivity contribution in [2.75, 3.05) is 19.7 Å². The molecule has 34 heavy (non-hydrogen) atoms. The van der Waals surface area contributed by atoms with Gasteiger partial charge in [-0.15, -0.1) is 0 Å². The van der Waals surface area contributed by atoms with Gasteiger partial charge in [0.15, 0.2) is 0 Å². The number of hydrogen-bond acceptors (Lipinski definition) is 5. The number of nitrogens with zero attached hydrogens (tertiary/aromatic N) is 1. The van der Waals surface area contributed by atoms with E-state index >= 15 is 0 Å². The van der Waals surface area contributed by atoms with Gasteiger partial charge in [-0.1, -0.05) is 61.9 Å². The van der Waals surface area contributed by atoms with Gasteiger partial charge in [0.25, 0.3) is 0 Å². The third-order valence-corrected chi connectivity index (χ3v) is 6.67. The van der Waals surface area contributed by atoms with Gasteiger partial charge in [-0.3, -0.25) is 4.79 Å². The van der Waals surface area contributed by atoms with Crippen LogP contribution in [0.4, 0.5) is 4.79 Å². The molecule has 0 radical (unpaired) electrons. The fraction of sp³-hybridized carbons (Fsp3) is 0.423. The maximum atomic E-state index is 13.0. The molecule has 0 aromatic heterocycles. The Balaban J connectivity index is 1.36. The molecule has 0 saturated carbocycles. The van der Waals surface area contributed by atoms with Crippen LogP contribution in [0, 0.1) is 5.92 Å². The van der Waals surface area contributed by atoms with E-state index in [9.17, 15) is 24.6 Å².